The molecule has 0 aliphatic heterocycles. The van der Waals surface area contributed by atoms with E-state index in [1.165, 1.54) is 0 Å². The molecule has 0 aromatic carbocycles. The van der Waals surface area contributed by atoms with E-state index in [-0.39, 0.29) is 6.61 Å². The molecule has 2 rings (SSSR count). The summed E-state index contributed by atoms with van der Waals surface area (Å²) < 4.78 is 41.7. The Labute approximate surface area is 118 Å². The van der Waals surface area contributed by atoms with Crippen LogP contribution in [0.3, 0.4) is 0 Å². The Morgan fingerprint density at radius 3 is 3.00 bits per heavy atom. The van der Waals surface area contributed by atoms with Crippen LogP contribution in [0.5, 0.6) is 0 Å². The predicted octanol–water partition coefficient (Wildman–Crippen LogP) is 1.54. The molecule has 1 amide bonds. The third-order valence-electron chi connectivity index (χ3n) is 3.23. The molecule has 0 spiro atoms. The van der Waals surface area contributed by atoms with Crippen LogP contribution >= 0.6 is 0 Å². The van der Waals surface area contributed by atoms with E-state index >= 15 is 0 Å². The second-order valence-electron chi connectivity index (χ2n) is 4.77. The minimum atomic E-state index is -4.54. The van der Waals surface area contributed by atoms with E-state index in [0.29, 0.717) is 13.0 Å². The number of nitrogens with one attached hydrogen (secondary N) is 1. The van der Waals surface area contributed by atoms with Crippen LogP contribution in [0.25, 0.3) is 0 Å². The van der Waals surface area contributed by atoms with Crippen LogP contribution in [-0.4, -0.2) is 40.4 Å². The molecular weight excluding hydrogens is 291 g/mol. The predicted molar refractivity (Wildman–Crippen MR) is 65.5 cm³/mol. The fourth-order valence-corrected chi connectivity index (χ4v) is 2.39. The molecule has 1 aliphatic rings. The first-order valence-electron chi connectivity index (χ1n) is 6.56. The standard InChI is InChI=1S/C12H16F3N3O3/c13-12(14,15)7-21-11(20)17-9-2-1-3-10-8(9)6-16-18(10)4-5-19/h6,9,19H,1-5,7H2,(H,17,20). The molecule has 6 nitrogen and oxygen atoms in total. The monoisotopic (exact) mass is 307 g/mol. The first-order chi connectivity index (χ1) is 9.90. The van der Waals surface area contributed by atoms with Crippen LogP contribution in [0.1, 0.15) is 30.1 Å². The van der Waals surface area contributed by atoms with Crippen molar-refractivity contribution >= 4 is 6.09 Å². The molecular formula is C12H16F3N3O3. The smallest absolute Gasteiger partial charge is 0.422 e. The lowest BCUT2D eigenvalue weighted by Crippen LogP contribution is -2.33. The molecule has 118 valence electrons. The lowest BCUT2D eigenvalue weighted by molar-refractivity contribution is -0.160. The van der Waals surface area contributed by atoms with Crippen molar-refractivity contribution in [2.24, 2.45) is 0 Å². The van der Waals surface area contributed by atoms with Gasteiger partial charge in [-0.15, -0.1) is 0 Å². The van der Waals surface area contributed by atoms with Crippen molar-refractivity contribution in [3.63, 3.8) is 0 Å². The van der Waals surface area contributed by atoms with Crippen LogP contribution in [0, 0.1) is 0 Å². The number of hydrogen-bond acceptors (Lipinski definition) is 4. The number of alkyl halides is 3. The Balaban J connectivity index is 1.98. The normalized spacial score (nSPS) is 18.2. The third-order valence-corrected chi connectivity index (χ3v) is 3.23. The summed E-state index contributed by atoms with van der Waals surface area (Å²) >= 11 is 0. The van der Waals surface area contributed by atoms with Gasteiger partial charge in [0.25, 0.3) is 0 Å². The van der Waals surface area contributed by atoms with Gasteiger partial charge in [0, 0.05) is 11.3 Å². The summed E-state index contributed by atoms with van der Waals surface area (Å²) in [6.45, 7) is -1.32. The van der Waals surface area contributed by atoms with Crippen molar-refractivity contribution in [2.75, 3.05) is 13.2 Å². The van der Waals surface area contributed by atoms with E-state index in [1.54, 1.807) is 10.9 Å². The molecule has 1 aliphatic carbocycles. The zero-order chi connectivity index (χ0) is 15.5. The highest BCUT2D eigenvalue weighted by Crippen LogP contribution is 2.29. The van der Waals surface area contributed by atoms with Crippen molar-refractivity contribution in [1.82, 2.24) is 15.1 Å². The largest absolute Gasteiger partial charge is 0.440 e. The van der Waals surface area contributed by atoms with Gasteiger partial charge in [0.2, 0.25) is 0 Å². The molecule has 0 saturated heterocycles. The fourth-order valence-electron chi connectivity index (χ4n) is 2.39. The van der Waals surface area contributed by atoms with Gasteiger partial charge in [0.15, 0.2) is 6.61 Å². The summed E-state index contributed by atoms with van der Waals surface area (Å²) in [6, 6.07) is -0.415. The quantitative estimate of drug-likeness (QED) is 0.884. The van der Waals surface area contributed by atoms with Gasteiger partial charge in [-0.1, -0.05) is 0 Å². The van der Waals surface area contributed by atoms with Gasteiger partial charge in [0.1, 0.15) is 0 Å². The van der Waals surface area contributed by atoms with Gasteiger partial charge in [-0.3, -0.25) is 4.68 Å². The number of amides is 1. The number of ether oxygens (including phenoxy) is 1. The Morgan fingerprint density at radius 2 is 2.33 bits per heavy atom. The molecule has 1 atom stereocenters. The Bertz CT molecular complexity index is 502. The van der Waals surface area contributed by atoms with Crippen LogP contribution in [0.15, 0.2) is 6.20 Å². The van der Waals surface area contributed by atoms with Crippen molar-refractivity contribution in [3.8, 4) is 0 Å². The van der Waals surface area contributed by atoms with Crippen LogP contribution in [0.4, 0.5) is 18.0 Å². The van der Waals surface area contributed by atoms with Crippen molar-refractivity contribution in [1.29, 1.82) is 0 Å². The number of nitrogens with zero attached hydrogens (tertiary/aromatic N) is 2. The number of aliphatic hydroxyl groups is 1. The first-order valence-corrected chi connectivity index (χ1v) is 6.56. The molecule has 9 heteroatoms. The number of hydrogen-bond donors (Lipinski definition) is 2. The maximum atomic E-state index is 12.0. The summed E-state index contributed by atoms with van der Waals surface area (Å²) in [4.78, 5) is 11.4. The lowest BCUT2D eigenvalue weighted by Gasteiger charge is -2.24. The zero-order valence-corrected chi connectivity index (χ0v) is 11.2. The number of aromatic nitrogens is 2. The molecule has 0 fully saturated rings. The van der Waals surface area contributed by atoms with Crippen molar-refractivity contribution in [2.45, 2.75) is 38.0 Å². The summed E-state index contributed by atoms with van der Waals surface area (Å²) in [5.74, 6) is 0. The lowest BCUT2D eigenvalue weighted by atomic mass is 9.93. The average molecular weight is 307 g/mol. The molecule has 0 saturated carbocycles. The van der Waals surface area contributed by atoms with Gasteiger partial charge >= 0.3 is 12.3 Å². The maximum Gasteiger partial charge on any atom is 0.422 e. The highest BCUT2D eigenvalue weighted by molar-refractivity contribution is 5.68. The first kappa shape index (κ1) is 15.6. The Kier molecular flexibility index (Phi) is 4.71. The topological polar surface area (TPSA) is 76.4 Å². The van der Waals surface area contributed by atoms with Crippen LogP contribution in [-0.2, 0) is 17.7 Å². The van der Waals surface area contributed by atoms with Gasteiger partial charge in [0.05, 0.1) is 25.4 Å². The molecule has 1 heterocycles. The van der Waals surface area contributed by atoms with E-state index in [9.17, 15) is 18.0 Å². The van der Waals surface area contributed by atoms with Gasteiger partial charge in [-0.25, -0.2) is 4.79 Å². The Morgan fingerprint density at radius 1 is 1.57 bits per heavy atom. The van der Waals surface area contributed by atoms with Crippen LogP contribution in [0.2, 0.25) is 0 Å². The van der Waals surface area contributed by atoms with E-state index in [4.69, 9.17) is 5.11 Å². The molecule has 2 N–H and O–H groups in total. The number of halogens is 3. The number of fused-ring (bicyclic) bond motifs is 1. The van der Waals surface area contributed by atoms with E-state index in [2.05, 4.69) is 15.2 Å². The average Bonchev–Trinajstić information content (AvgIpc) is 2.81. The highest BCUT2D eigenvalue weighted by atomic mass is 19.4. The summed E-state index contributed by atoms with van der Waals surface area (Å²) in [6.07, 6.45) is -1.93. The van der Waals surface area contributed by atoms with E-state index in [1.807, 2.05) is 0 Å². The highest BCUT2D eigenvalue weighted by Gasteiger charge is 2.31. The minimum absolute atomic E-state index is 0.0557. The fraction of sp³-hybridized carbons (Fsp3) is 0.667. The summed E-state index contributed by atoms with van der Waals surface area (Å²) in [7, 11) is 0. The number of alkyl carbamates (subject to hydrolysis) is 1. The number of carbonyl (C=O) groups is 1. The number of rotatable bonds is 4. The van der Waals surface area contributed by atoms with E-state index < -0.39 is 24.9 Å². The number of carbonyl (C=O) groups excluding carboxylic acids is 1. The molecule has 0 bridgehead atoms. The van der Waals surface area contributed by atoms with Crippen LogP contribution < -0.4 is 5.32 Å². The van der Waals surface area contributed by atoms with Gasteiger partial charge < -0.3 is 15.2 Å². The molecule has 21 heavy (non-hydrogen) atoms. The van der Waals surface area contributed by atoms with Crippen molar-refractivity contribution in [3.05, 3.63) is 17.5 Å². The zero-order valence-electron chi connectivity index (χ0n) is 11.2. The maximum absolute atomic E-state index is 12.0. The second-order valence-corrected chi connectivity index (χ2v) is 4.77. The second kappa shape index (κ2) is 6.33. The summed E-state index contributed by atoms with van der Waals surface area (Å²) in [5.41, 5.74) is 1.65. The SMILES string of the molecule is O=C(NC1CCCc2c1cnn2CCO)OCC(F)(F)F. The molecule has 1 aromatic rings. The Hall–Kier alpha value is -1.77. The number of aliphatic hydroxyl groups excluding tert-OH is 1. The minimum Gasteiger partial charge on any atom is -0.440 e. The van der Waals surface area contributed by atoms with Gasteiger partial charge in [-0.05, 0) is 19.3 Å². The molecule has 1 aromatic heterocycles. The summed E-state index contributed by atoms with van der Waals surface area (Å²) in [5, 5.41) is 15.5. The van der Waals surface area contributed by atoms with Crippen molar-refractivity contribution < 1.29 is 27.8 Å². The van der Waals surface area contributed by atoms with Gasteiger partial charge in [-0.2, -0.15) is 18.3 Å². The van der Waals surface area contributed by atoms with E-state index in [0.717, 1.165) is 24.1 Å². The molecule has 1 unspecified atom stereocenters. The molecule has 0 radical (unpaired) electrons. The third kappa shape index (κ3) is 4.10.